The largest absolute Gasteiger partial charge is 0.378 e. The van der Waals surface area contributed by atoms with Crippen LogP contribution >= 0.6 is 0 Å². The van der Waals surface area contributed by atoms with Crippen molar-refractivity contribution in [2.75, 3.05) is 31.1 Å². The highest BCUT2D eigenvalue weighted by Crippen LogP contribution is 2.20. The van der Waals surface area contributed by atoms with Gasteiger partial charge in [-0.15, -0.1) is 0 Å². The Hall–Kier alpha value is -1.22. The molecule has 1 aliphatic heterocycles. The van der Waals surface area contributed by atoms with E-state index in [4.69, 9.17) is 15.6 Å². The lowest BCUT2D eigenvalue weighted by Gasteiger charge is -2.32. The number of nitrogens with zero attached hydrogens (tertiary/aromatic N) is 2. The molecule has 2 rings (SSSR count). The fourth-order valence-electron chi connectivity index (χ4n) is 2.31. The molecule has 0 unspecified atom stereocenters. The van der Waals surface area contributed by atoms with Gasteiger partial charge in [0.15, 0.2) is 0 Å². The number of hydrogen-bond acceptors (Lipinski definition) is 6. The summed E-state index contributed by atoms with van der Waals surface area (Å²) < 4.78 is 28.1. The number of primary sulfonamides is 1. The first-order chi connectivity index (χ1) is 10.0. The highest BCUT2D eigenvalue weighted by molar-refractivity contribution is 7.89. The van der Waals surface area contributed by atoms with Gasteiger partial charge in [-0.25, -0.2) is 18.5 Å². The van der Waals surface area contributed by atoms with Crippen LogP contribution in [0.2, 0.25) is 0 Å². The monoisotopic (exact) mass is 314 g/mol. The average molecular weight is 314 g/mol. The molecule has 8 heteroatoms. The molecule has 118 valence electrons. The molecule has 2 heterocycles. The Kier molecular flexibility index (Phi) is 5.51. The molecule has 7 nitrogen and oxygen atoms in total. The standard InChI is InChI=1S/C13H22N4O3S/c14-6-1-9-20-11-4-7-17(8-5-11)13-3-2-12(10-16-13)21(15,18)19/h2-3,10-11H,1,4-9,14H2,(H2,15,18,19). The van der Waals surface area contributed by atoms with Crippen molar-refractivity contribution < 1.29 is 13.2 Å². The van der Waals surface area contributed by atoms with Crippen LogP contribution in [0.3, 0.4) is 0 Å². The van der Waals surface area contributed by atoms with Crippen LogP contribution in [0, 0.1) is 0 Å². The number of hydrogen-bond donors (Lipinski definition) is 2. The third-order valence-electron chi connectivity index (χ3n) is 3.52. The van der Waals surface area contributed by atoms with E-state index in [9.17, 15) is 8.42 Å². The van der Waals surface area contributed by atoms with E-state index in [1.807, 2.05) is 0 Å². The van der Waals surface area contributed by atoms with Gasteiger partial charge in [-0.05, 0) is 37.9 Å². The number of pyridine rings is 1. The lowest BCUT2D eigenvalue weighted by atomic mass is 10.1. The molecule has 0 bridgehead atoms. The van der Waals surface area contributed by atoms with Crippen LogP contribution in [0.4, 0.5) is 5.82 Å². The maximum Gasteiger partial charge on any atom is 0.239 e. The van der Waals surface area contributed by atoms with Crippen molar-refractivity contribution in [1.82, 2.24) is 4.98 Å². The van der Waals surface area contributed by atoms with Crippen LogP contribution in [-0.2, 0) is 14.8 Å². The Balaban J connectivity index is 1.87. The second-order valence-electron chi connectivity index (χ2n) is 5.10. The Bertz CT molecular complexity index is 539. The average Bonchev–Trinajstić information content (AvgIpc) is 2.48. The van der Waals surface area contributed by atoms with E-state index >= 15 is 0 Å². The topological polar surface area (TPSA) is 112 Å². The van der Waals surface area contributed by atoms with E-state index in [1.165, 1.54) is 12.3 Å². The first-order valence-electron chi connectivity index (χ1n) is 7.06. The molecule has 0 aromatic carbocycles. The third kappa shape index (κ3) is 4.63. The highest BCUT2D eigenvalue weighted by Gasteiger charge is 2.20. The summed E-state index contributed by atoms with van der Waals surface area (Å²) in [6.07, 6.45) is 4.33. The molecular weight excluding hydrogens is 292 g/mol. The maximum absolute atomic E-state index is 11.2. The lowest BCUT2D eigenvalue weighted by Crippen LogP contribution is -2.37. The van der Waals surface area contributed by atoms with Crippen molar-refractivity contribution in [1.29, 1.82) is 0 Å². The number of ether oxygens (including phenoxy) is 1. The minimum atomic E-state index is -3.68. The van der Waals surface area contributed by atoms with E-state index in [0.29, 0.717) is 13.2 Å². The van der Waals surface area contributed by atoms with Crippen LogP contribution in [-0.4, -0.2) is 45.7 Å². The quantitative estimate of drug-likeness (QED) is 0.718. The smallest absolute Gasteiger partial charge is 0.239 e. The Morgan fingerprint density at radius 3 is 2.57 bits per heavy atom. The minimum absolute atomic E-state index is 0.0336. The number of aromatic nitrogens is 1. The van der Waals surface area contributed by atoms with Gasteiger partial charge in [-0.3, -0.25) is 0 Å². The normalized spacial score (nSPS) is 17.1. The van der Waals surface area contributed by atoms with Gasteiger partial charge in [0.05, 0.1) is 6.10 Å². The number of sulfonamides is 1. The van der Waals surface area contributed by atoms with Crippen molar-refractivity contribution >= 4 is 15.8 Å². The second-order valence-corrected chi connectivity index (χ2v) is 6.66. The summed E-state index contributed by atoms with van der Waals surface area (Å²) in [5.41, 5.74) is 5.44. The number of piperidine rings is 1. The van der Waals surface area contributed by atoms with Gasteiger partial charge in [0.25, 0.3) is 0 Å². The first-order valence-corrected chi connectivity index (χ1v) is 8.61. The fourth-order valence-corrected chi connectivity index (χ4v) is 2.77. The van der Waals surface area contributed by atoms with Gasteiger partial charge in [-0.1, -0.05) is 0 Å². The molecule has 4 N–H and O–H groups in total. The predicted molar refractivity (Wildman–Crippen MR) is 80.5 cm³/mol. The highest BCUT2D eigenvalue weighted by atomic mass is 32.2. The van der Waals surface area contributed by atoms with E-state index < -0.39 is 10.0 Å². The molecule has 0 radical (unpaired) electrons. The van der Waals surface area contributed by atoms with Gasteiger partial charge in [0.2, 0.25) is 10.0 Å². The summed E-state index contributed by atoms with van der Waals surface area (Å²) in [5.74, 6) is 0.766. The van der Waals surface area contributed by atoms with E-state index in [0.717, 1.165) is 38.2 Å². The molecule has 0 amide bonds. The number of anilines is 1. The summed E-state index contributed by atoms with van der Waals surface area (Å²) in [6, 6.07) is 3.18. The fraction of sp³-hybridized carbons (Fsp3) is 0.615. The van der Waals surface area contributed by atoms with Gasteiger partial charge in [-0.2, -0.15) is 0 Å². The van der Waals surface area contributed by atoms with E-state index in [-0.39, 0.29) is 11.0 Å². The molecule has 21 heavy (non-hydrogen) atoms. The van der Waals surface area contributed by atoms with Crippen molar-refractivity contribution in [3.63, 3.8) is 0 Å². The van der Waals surface area contributed by atoms with Crippen molar-refractivity contribution in [2.45, 2.75) is 30.3 Å². The molecule has 0 saturated carbocycles. The van der Waals surface area contributed by atoms with Crippen LogP contribution in [0.25, 0.3) is 0 Å². The van der Waals surface area contributed by atoms with Crippen LogP contribution in [0.5, 0.6) is 0 Å². The van der Waals surface area contributed by atoms with Crippen LogP contribution in [0.15, 0.2) is 23.2 Å². The van der Waals surface area contributed by atoms with Crippen LogP contribution in [0.1, 0.15) is 19.3 Å². The van der Waals surface area contributed by atoms with Gasteiger partial charge >= 0.3 is 0 Å². The molecule has 1 saturated heterocycles. The number of nitrogens with two attached hydrogens (primary N) is 2. The van der Waals surface area contributed by atoms with Crippen molar-refractivity contribution in [2.24, 2.45) is 10.9 Å². The summed E-state index contributed by atoms with van der Waals surface area (Å²) in [4.78, 5) is 6.33. The molecule has 1 fully saturated rings. The predicted octanol–water partition coefficient (Wildman–Crippen LogP) is 0.0632. The van der Waals surface area contributed by atoms with E-state index in [2.05, 4.69) is 9.88 Å². The lowest BCUT2D eigenvalue weighted by molar-refractivity contribution is 0.0365. The summed E-state index contributed by atoms with van der Waals surface area (Å²) in [6.45, 7) is 3.05. The first kappa shape index (κ1) is 16.2. The number of rotatable bonds is 6. The molecule has 1 aromatic rings. The molecular formula is C13H22N4O3S. The SMILES string of the molecule is NCCCOC1CCN(c2ccc(S(N)(=O)=O)cn2)CC1. The molecule has 0 aliphatic carbocycles. The van der Waals surface area contributed by atoms with Gasteiger partial charge < -0.3 is 15.4 Å². The molecule has 1 aromatic heterocycles. The third-order valence-corrected chi connectivity index (χ3v) is 4.42. The molecule has 0 atom stereocenters. The minimum Gasteiger partial charge on any atom is -0.378 e. The second kappa shape index (κ2) is 7.17. The Labute approximate surface area is 125 Å². The zero-order valence-electron chi connectivity index (χ0n) is 11.9. The van der Waals surface area contributed by atoms with E-state index in [1.54, 1.807) is 6.07 Å². The Morgan fingerprint density at radius 1 is 1.33 bits per heavy atom. The van der Waals surface area contributed by atoms with Crippen molar-refractivity contribution in [3.8, 4) is 0 Å². The summed E-state index contributed by atoms with van der Waals surface area (Å²) in [7, 11) is -3.68. The van der Waals surface area contributed by atoms with Gasteiger partial charge in [0, 0.05) is 25.9 Å². The zero-order chi connectivity index (χ0) is 15.3. The zero-order valence-corrected chi connectivity index (χ0v) is 12.8. The summed E-state index contributed by atoms with van der Waals surface area (Å²) >= 11 is 0. The molecule has 1 aliphatic rings. The molecule has 0 spiro atoms. The van der Waals surface area contributed by atoms with Crippen molar-refractivity contribution in [3.05, 3.63) is 18.3 Å². The maximum atomic E-state index is 11.2. The Morgan fingerprint density at radius 2 is 2.05 bits per heavy atom. The summed E-state index contributed by atoms with van der Waals surface area (Å²) in [5, 5.41) is 5.05. The van der Waals surface area contributed by atoms with Crippen LogP contribution < -0.4 is 15.8 Å². The van der Waals surface area contributed by atoms with Gasteiger partial charge in [0.1, 0.15) is 10.7 Å².